The average Bonchev–Trinajstić information content (AvgIpc) is 2.97. The third-order valence-electron chi connectivity index (χ3n) is 5.15. The number of thiophene rings is 1. The molecule has 154 valence electrons. The molecule has 2 aromatic heterocycles. The van der Waals surface area contributed by atoms with Crippen LogP contribution in [-0.4, -0.2) is 64.8 Å². The first kappa shape index (κ1) is 21.0. The number of aryl methyl sites for hydroxylation is 1. The molecular weight excluding hydrogens is 376 g/mol. The smallest absolute Gasteiger partial charge is 0.348 e. The summed E-state index contributed by atoms with van der Waals surface area (Å²) in [5.41, 5.74) is 0.797. The van der Waals surface area contributed by atoms with Gasteiger partial charge in [0.05, 0.1) is 24.2 Å². The highest BCUT2D eigenvalue weighted by Gasteiger charge is 2.33. The molecule has 3 rings (SSSR count). The van der Waals surface area contributed by atoms with Crippen LogP contribution in [0.2, 0.25) is 0 Å². The Kier molecular flexibility index (Phi) is 6.21. The van der Waals surface area contributed by atoms with Gasteiger partial charge in [-0.25, -0.2) is 14.8 Å². The molecule has 2 atom stereocenters. The number of morpholine rings is 1. The summed E-state index contributed by atoms with van der Waals surface area (Å²) in [6, 6.07) is 0. The molecule has 1 N–H and O–H groups in total. The molecule has 28 heavy (non-hydrogen) atoms. The second-order valence-electron chi connectivity index (χ2n) is 8.01. The number of nitrogens with one attached hydrogen (secondary N) is 1. The lowest BCUT2D eigenvalue weighted by molar-refractivity contribution is -0.0933. The second kappa shape index (κ2) is 8.31. The van der Waals surface area contributed by atoms with E-state index in [2.05, 4.69) is 47.9 Å². The Morgan fingerprint density at radius 1 is 1.36 bits per heavy atom. The van der Waals surface area contributed by atoms with Gasteiger partial charge in [0.25, 0.3) is 0 Å². The normalized spacial score (nSPS) is 21.1. The highest BCUT2D eigenvalue weighted by atomic mass is 32.1. The number of fused-ring (bicyclic) bond motifs is 1. The topological polar surface area (TPSA) is 76.6 Å². The summed E-state index contributed by atoms with van der Waals surface area (Å²) in [7, 11) is 0. The van der Waals surface area contributed by atoms with Crippen molar-refractivity contribution >= 4 is 33.3 Å². The average molecular weight is 407 g/mol. The van der Waals surface area contributed by atoms with Gasteiger partial charge in [0.15, 0.2) is 0 Å². The van der Waals surface area contributed by atoms with Crippen molar-refractivity contribution in [2.75, 3.05) is 31.6 Å². The van der Waals surface area contributed by atoms with Crippen LogP contribution in [0.3, 0.4) is 0 Å². The second-order valence-corrected chi connectivity index (χ2v) is 9.01. The van der Waals surface area contributed by atoms with Gasteiger partial charge in [-0.05, 0) is 47.1 Å². The number of esters is 1. The Balaban J connectivity index is 1.81. The Morgan fingerprint density at radius 3 is 2.68 bits per heavy atom. The van der Waals surface area contributed by atoms with E-state index in [-0.39, 0.29) is 23.7 Å². The van der Waals surface area contributed by atoms with Crippen LogP contribution >= 0.6 is 11.3 Å². The molecule has 2 aromatic rings. The van der Waals surface area contributed by atoms with Crippen LogP contribution in [-0.2, 0) is 9.47 Å². The summed E-state index contributed by atoms with van der Waals surface area (Å²) in [6.07, 6.45) is 1.99. The monoisotopic (exact) mass is 406 g/mol. The van der Waals surface area contributed by atoms with Gasteiger partial charge in [-0.2, -0.15) is 0 Å². The van der Waals surface area contributed by atoms with Crippen molar-refractivity contribution in [1.29, 1.82) is 0 Å². The van der Waals surface area contributed by atoms with Crippen LogP contribution < -0.4 is 5.32 Å². The standard InChI is InChI=1S/C20H30N4O3S/c1-7-26-19(25)16-14(4)15-17(22-11-23-18(15)28-16)21-10-20(5,6)24-8-12(2)27-13(3)9-24/h11-13H,7-10H2,1-6H3,(H,21,22,23). The molecule has 7 nitrogen and oxygen atoms in total. The molecule has 2 unspecified atom stereocenters. The SMILES string of the molecule is CCOC(=O)c1sc2ncnc(NCC(C)(C)N3CC(C)OC(C)C3)c2c1C. The zero-order valence-corrected chi connectivity index (χ0v) is 18.4. The van der Waals surface area contributed by atoms with Crippen molar-refractivity contribution in [3.8, 4) is 0 Å². The van der Waals surface area contributed by atoms with E-state index in [1.54, 1.807) is 6.33 Å². The minimum atomic E-state index is -0.300. The van der Waals surface area contributed by atoms with Gasteiger partial charge in [-0.15, -0.1) is 11.3 Å². The van der Waals surface area contributed by atoms with Crippen LogP contribution in [0.5, 0.6) is 0 Å². The molecule has 0 aromatic carbocycles. The molecule has 1 aliphatic heterocycles. The number of nitrogens with zero attached hydrogens (tertiary/aromatic N) is 3. The molecular formula is C20H30N4O3S. The maximum Gasteiger partial charge on any atom is 0.348 e. The van der Waals surface area contributed by atoms with E-state index in [0.29, 0.717) is 11.5 Å². The van der Waals surface area contributed by atoms with Crippen molar-refractivity contribution in [2.45, 2.75) is 59.3 Å². The van der Waals surface area contributed by atoms with E-state index >= 15 is 0 Å². The molecule has 1 saturated heterocycles. The highest BCUT2D eigenvalue weighted by molar-refractivity contribution is 7.20. The number of rotatable bonds is 6. The van der Waals surface area contributed by atoms with Crippen molar-refractivity contribution < 1.29 is 14.3 Å². The zero-order chi connectivity index (χ0) is 20.5. The van der Waals surface area contributed by atoms with E-state index in [9.17, 15) is 4.79 Å². The lowest BCUT2D eigenvalue weighted by Gasteiger charge is -2.45. The maximum atomic E-state index is 12.2. The minimum Gasteiger partial charge on any atom is -0.462 e. The van der Waals surface area contributed by atoms with Crippen molar-refractivity contribution in [2.24, 2.45) is 0 Å². The van der Waals surface area contributed by atoms with Gasteiger partial charge in [-0.1, -0.05) is 0 Å². The van der Waals surface area contributed by atoms with Crippen molar-refractivity contribution in [3.05, 3.63) is 16.8 Å². The summed E-state index contributed by atoms with van der Waals surface area (Å²) >= 11 is 1.36. The number of aromatic nitrogens is 2. The fraction of sp³-hybridized carbons (Fsp3) is 0.650. The van der Waals surface area contributed by atoms with Crippen LogP contribution in [0.15, 0.2) is 6.33 Å². The molecule has 0 saturated carbocycles. The van der Waals surface area contributed by atoms with E-state index in [4.69, 9.17) is 9.47 Å². The van der Waals surface area contributed by atoms with Gasteiger partial charge >= 0.3 is 5.97 Å². The number of hydrogen-bond donors (Lipinski definition) is 1. The van der Waals surface area contributed by atoms with Crippen LogP contribution in [0.4, 0.5) is 5.82 Å². The molecule has 0 spiro atoms. The molecule has 0 aliphatic carbocycles. The quantitative estimate of drug-likeness (QED) is 0.736. The molecule has 0 radical (unpaired) electrons. The van der Waals surface area contributed by atoms with E-state index in [1.165, 1.54) is 11.3 Å². The van der Waals surface area contributed by atoms with Crippen LogP contribution in [0, 0.1) is 6.92 Å². The van der Waals surface area contributed by atoms with E-state index in [0.717, 1.165) is 41.2 Å². The lowest BCUT2D eigenvalue weighted by atomic mass is 10.00. The number of carbonyl (C=O) groups excluding carboxylic acids is 1. The van der Waals surface area contributed by atoms with Crippen molar-refractivity contribution in [1.82, 2.24) is 14.9 Å². The van der Waals surface area contributed by atoms with Gasteiger partial charge in [-0.3, -0.25) is 4.90 Å². The van der Waals surface area contributed by atoms with Crippen LogP contribution in [0.25, 0.3) is 10.2 Å². The van der Waals surface area contributed by atoms with Gasteiger partial charge in [0.1, 0.15) is 21.9 Å². The Bertz CT molecular complexity index is 841. The molecule has 3 heterocycles. The predicted molar refractivity (Wildman–Crippen MR) is 112 cm³/mol. The highest BCUT2D eigenvalue weighted by Crippen LogP contribution is 2.34. The number of anilines is 1. The molecule has 1 fully saturated rings. The third-order valence-corrected chi connectivity index (χ3v) is 6.33. The molecule has 0 amide bonds. The van der Waals surface area contributed by atoms with Gasteiger partial charge in [0.2, 0.25) is 0 Å². The van der Waals surface area contributed by atoms with Crippen molar-refractivity contribution in [3.63, 3.8) is 0 Å². The number of ether oxygens (including phenoxy) is 2. The fourth-order valence-electron chi connectivity index (χ4n) is 3.68. The number of hydrogen-bond acceptors (Lipinski definition) is 8. The summed E-state index contributed by atoms with van der Waals surface area (Å²) in [6.45, 7) is 15.3. The summed E-state index contributed by atoms with van der Waals surface area (Å²) in [5.74, 6) is 0.460. The first-order chi connectivity index (χ1) is 13.2. The first-order valence-corrected chi connectivity index (χ1v) is 10.6. The summed E-state index contributed by atoms with van der Waals surface area (Å²) in [5, 5.41) is 4.40. The molecule has 8 heteroatoms. The fourth-order valence-corrected chi connectivity index (χ4v) is 4.72. The Labute approximate surface area is 170 Å². The Morgan fingerprint density at radius 2 is 2.04 bits per heavy atom. The summed E-state index contributed by atoms with van der Waals surface area (Å²) < 4.78 is 11.0. The maximum absolute atomic E-state index is 12.2. The van der Waals surface area contributed by atoms with E-state index in [1.807, 2.05) is 13.8 Å². The first-order valence-electron chi connectivity index (χ1n) is 9.78. The lowest BCUT2D eigenvalue weighted by Crippen LogP contribution is -2.57. The van der Waals surface area contributed by atoms with Gasteiger partial charge < -0.3 is 14.8 Å². The number of carbonyl (C=O) groups is 1. The zero-order valence-electron chi connectivity index (χ0n) is 17.5. The third kappa shape index (κ3) is 4.29. The summed E-state index contributed by atoms with van der Waals surface area (Å²) in [4.78, 5) is 24.9. The largest absolute Gasteiger partial charge is 0.462 e. The molecule has 1 aliphatic rings. The molecule has 0 bridgehead atoms. The predicted octanol–water partition coefficient (Wildman–Crippen LogP) is 3.48. The minimum absolute atomic E-state index is 0.0720. The van der Waals surface area contributed by atoms with Gasteiger partial charge in [0, 0.05) is 25.2 Å². The van der Waals surface area contributed by atoms with E-state index < -0.39 is 0 Å². The Hall–Kier alpha value is -1.77. The van der Waals surface area contributed by atoms with Crippen LogP contribution in [0.1, 0.15) is 49.9 Å².